The van der Waals surface area contributed by atoms with Gasteiger partial charge in [-0.3, -0.25) is 4.98 Å². The number of aromatic nitrogens is 2. The van der Waals surface area contributed by atoms with Crippen molar-refractivity contribution in [3.8, 4) is 11.3 Å². The number of pyridine rings is 1. The molecular formula is C26H28N2. The van der Waals surface area contributed by atoms with Gasteiger partial charge in [-0.2, -0.15) is 0 Å². The van der Waals surface area contributed by atoms with Crippen molar-refractivity contribution in [1.82, 2.24) is 9.55 Å². The molecule has 2 aromatic carbocycles. The lowest BCUT2D eigenvalue weighted by Gasteiger charge is -2.13. The molecule has 4 rings (SSSR count). The second-order valence-electron chi connectivity index (χ2n) is 7.66. The molecule has 4 aromatic rings. The molecule has 2 heterocycles. The molecule has 142 valence electrons. The molecular weight excluding hydrogens is 340 g/mol. The molecule has 28 heavy (non-hydrogen) atoms. The smallest absolute Gasteiger partial charge is 0.0715 e. The van der Waals surface area contributed by atoms with E-state index in [2.05, 4.69) is 87.0 Å². The third-order valence-corrected chi connectivity index (χ3v) is 5.76. The molecule has 2 heteroatoms. The van der Waals surface area contributed by atoms with Crippen LogP contribution in [0, 0.1) is 13.8 Å². The average molecular weight is 369 g/mol. The highest BCUT2D eigenvalue weighted by Gasteiger charge is 2.12. The molecule has 0 saturated carbocycles. The summed E-state index contributed by atoms with van der Waals surface area (Å²) in [6.45, 7) is 9.66. The van der Waals surface area contributed by atoms with Crippen molar-refractivity contribution in [3.05, 3.63) is 88.7 Å². The van der Waals surface area contributed by atoms with Gasteiger partial charge in [0.1, 0.15) is 0 Å². The van der Waals surface area contributed by atoms with Gasteiger partial charge in [-0.05, 0) is 61.1 Å². The molecule has 0 N–H and O–H groups in total. The van der Waals surface area contributed by atoms with Gasteiger partial charge in [0.05, 0.1) is 17.4 Å². The van der Waals surface area contributed by atoms with Gasteiger partial charge >= 0.3 is 0 Å². The van der Waals surface area contributed by atoms with E-state index in [0.717, 1.165) is 25.1 Å². The predicted octanol–water partition coefficient (Wildman–Crippen LogP) is 6.49. The van der Waals surface area contributed by atoms with E-state index < -0.39 is 0 Å². The number of fused-ring (bicyclic) bond motifs is 1. The van der Waals surface area contributed by atoms with Crippen LogP contribution >= 0.6 is 0 Å². The molecule has 0 aliphatic heterocycles. The van der Waals surface area contributed by atoms with Crippen molar-refractivity contribution >= 4 is 10.9 Å². The van der Waals surface area contributed by atoms with E-state index in [9.17, 15) is 0 Å². The molecule has 0 spiro atoms. The van der Waals surface area contributed by atoms with Crippen LogP contribution in [0.15, 0.2) is 60.9 Å². The van der Waals surface area contributed by atoms with Crippen molar-refractivity contribution < 1.29 is 0 Å². The maximum atomic E-state index is 4.89. The van der Waals surface area contributed by atoms with Gasteiger partial charge < -0.3 is 4.57 Å². The zero-order valence-corrected chi connectivity index (χ0v) is 17.3. The van der Waals surface area contributed by atoms with Gasteiger partial charge in [0, 0.05) is 23.7 Å². The second-order valence-corrected chi connectivity index (χ2v) is 7.66. The Bertz CT molecular complexity index is 1110. The van der Waals surface area contributed by atoms with E-state index in [1.54, 1.807) is 0 Å². The molecule has 0 saturated heterocycles. The van der Waals surface area contributed by atoms with Crippen LogP contribution < -0.4 is 0 Å². The molecule has 0 amide bonds. The van der Waals surface area contributed by atoms with E-state index in [0.29, 0.717) is 0 Å². The van der Waals surface area contributed by atoms with Gasteiger partial charge in [-0.1, -0.05) is 55.8 Å². The number of hydrogen-bond acceptors (Lipinski definition) is 1. The summed E-state index contributed by atoms with van der Waals surface area (Å²) in [4.78, 5) is 4.89. The zero-order chi connectivity index (χ0) is 19.7. The molecule has 0 radical (unpaired) electrons. The Morgan fingerprint density at radius 1 is 0.857 bits per heavy atom. The van der Waals surface area contributed by atoms with Crippen LogP contribution in [0.4, 0.5) is 0 Å². The molecule has 2 nitrogen and oxygen atoms in total. The maximum absolute atomic E-state index is 4.89. The van der Waals surface area contributed by atoms with Crippen molar-refractivity contribution in [3.63, 3.8) is 0 Å². The van der Waals surface area contributed by atoms with Crippen molar-refractivity contribution in [2.24, 2.45) is 0 Å². The van der Waals surface area contributed by atoms with E-state index in [-0.39, 0.29) is 0 Å². The van der Waals surface area contributed by atoms with Gasteiger partial charge in [-0.15, -0.1) is 0 Å². The number of benzene rings is 2. The Morgan fingerprint density at radius 2 is 1.61 bits per heavy atom. The Morgan fingerprint density at radius 3 is 2.32 bits per heavy atom. The van der Waals surface area contributed by atoms with Gasteiger partial charge in [0.2, 0.25) is 0 Å². The summed E-state index contributed by atoms with van der Waals surface area (Å²) < 4.78 is 2.31. The Labute approximate surface area is 167 Å². The van der Waals surface area contributed by atoms with Crippen LogP contribution in [0.5, 0.6) is 0 Å². The fourth-order valence-electron chi connectivity index (χ4n) is 4.09. The highest BCUT2D eigenvalue weighted by atomic mass is 15.0. The van der Waals surface area contributed by atoms with Crippen molar-refractivity contribution in [2.75, 3.05) is 0 Å². The first kappa shape index (κ1) is 18.5. The first-order valence-electron chi connectivity index (χ1n) is 10.2. The van der Waals surface area contributed by atoms with E-state index in [1.807, 2.05) is 6.20 Å². The molecule has 0 bridgehead atoms. The lowest BCUT2D eigenvalue weighted by atomic mass is 9.94. The first-order chi connectivity index (χ1) is 13.6. The van der Waals surface area contributed by atoms with E-state index >= 15 is 0 Å². The summed E-state index contributed by atoms with van der Waals surface area (Å²) in [7, 11) is 0. The summed E-state index contributed by atoms with van der Waals surface area (Å²) >= 11 is 0. The SMILES string of the molecule is CCc1cccc(CC)c1-c1cc2ccn(Cc3cc(C)ccc3C)c2cn1. The highest BCUT2D eigenvalue weighted by molar-refractivity contribution is 5.84. The lowest BCUT2D eigenvalue weighted by Crippen LogP contribution is -2.01. The van der Waals surface area contributed by atoms with Crippen LogP contribution in [0.25, 0.3) is 22.2 Å². The summed E-state index contributed by atoms with van der Waals surface area (Å²) in [6.07, 6.45) is 6.28. The van der Waals surface area contributed by atoms with Gasteiger partial charge in [0.25, 0.3) is 0 Å². The largest absolute Gasteiger partial charge is 0.342 e. The molecule has 0 atom stereocenters. The van der Waals surface area contributed by atoms with E-state index in [1.165, 1.54) is 44.3 Å². The molecule has 0 fully saturated rings. The Kier molecular flexibility index (Phi) is 5.04. The van der Waals surface area contributed by atoms with Gasteiger partial charge in [-0.25, -0.2) is 0 Å². The van der Waals surface area contributed by atoms with E-state index in [4.69, 9.17) is 4.98 Å². The highest BCUT2D eigenvalue weighted by Crippen LogP contribution is 2.30. The number of rotatable bonds is 5. The normalized spacial score (nSPS) is 11.3. The summed E-state index contributed by atoms with van der Waals surface area (Å²) in [5.41, 5.74) is 10.4. The number of aryl methyl sites for hydroxylation is 4. The summed E-state index contributed by atoms with van der Waals surface area (Å²) in [5.74, 6) is 0. The molecule has 0 unspecified atom stereocenters. The first-order valence-corrected chi connectivity index (χ1v) is 10.2. The third-order valence-electron chi connectivity index (χ3n) is 5.76. The van der Waals surface area contributed by atoms with Crippen LogP contribution in [0.1, 0.15) is 41.7 Å². The third kappa shape index (κ3) is 3.35. The molecule has 2 aromatic heterocycles. The summed E-state index contributed by atoms with van der Waals surface area (Å²) in [5, 5.41) is 1.25. The fraction of sp³-hybridized carbons (Fsp3) is 0.269. The topological polar surface area (TPSA) is 17.8 Å². The minimum atomic E-state index is 0.879. The van der Waals surface area contributed by atoms with Crippen LogP contribution in [-0.4, -0.2) is 9.55 Å². The number of hydrogen-bond donors (Lipinski definition) is 0. The molecule has 0 aliphatic carbocycles. The lowest BCUT2D eigenvalue weighted by molar-refractivity contribution is 0.827. The van der Waals surface area contributed by atoms with Crippen LogP contribution in [-0.2, 0) is 19.4 Å². The van der Waals surface area contributed by atoms with Crippen LogP contribution in [0.2, 0.25) is 0 Å². The minimum absolute atomic E-state index is 0.879. The van der Waals surface area contributed by atoms with Crippen LogP contribution in [0.3, 0.4) is 0 Å². The maximum Gasteiger partial charge on any atom is 0.0715 e. The monoisotopic (exact) mass is 368 g/mol. The Balaban J connectivity index is 1.76. The zero-order valence-electron chi connectivity index (χ0n) is 17.3. The van der Waals surface area contributed by atoms with Gasteiger partial charge in [0.15, 0.2) is 0 Å². The predicted molar refractivity (Wildman–Crippen MR) is 119 cm³/mol. The number of nitrogens with zero attached hydrogens (tertiary/aromatic N) is 2. The second kappa shape index (κ2) is 7.63. The van der Waals surface area contributed by atoms with Crippen molar-refractivity contribution in [2.45, 2.75) is 47.1 Å². The van der Waals surface area contributed by atoms with Crippen molar-refractivity contribution in [1.29, 1.82) is 0 Å². The summed E-state index contributed by atoms with van der Waals surface area (Å²) in [6, 6.07) is 17.8. The molecule has 0 aliphatic rings. The minimum Gasteiger partial charge on any atom is -0.342 e. The average Bonchev–Trinajstić information content (AvgIpc) is 3.12. The standard InChI is InChI=1S/C26H28N2/c1-5-20-8-7-9-21(6-2)26(20)24-15-22-12-13-28(25(22)16-27-24)17-23-14-18(3)10-11-19(23)4/h7-16H,5-6,17H2,1-4H3. The fourth-order valence-corrected chi connectivity index (χ4v) is 4.09. The quantitative estimate of drug-likeness (QED) is 0.393. The Hall–Kier alpha value is -2.87.